The summed E-state index contributed by atoms with van der Waals surface area (Å²) >= 11 is 0. The summed E-state index contributed by atoms with van der Waals surface area (Å²) < 4.78 is 0. The molecule has 1 N–H and O–H groups in total. The minimum Gasteiger partial charge on any atom is -0.355 e. The fourth-order valence-corrected chi connectivity index (χ4v) is 3.45. The number of nitrogens with zero attached hydrogens (tertiary/aromatic N) is 3. The van der Waals surface area contributed by atoms with Crippen LogP contribution in [0.15, 0.2) is 48.5 Å². The van der Waals surface area contributed by atoms with Crippen molar-refractivity contribution in [2.24, 2.45) is 0 Å². The van der Waals surface area contributed by atoms with E-state index in [1.165, 1.54) is 11.0 Å². The number of anilines is 1. The molecular formula is C21H25N4O4+. The van der Waals surface area contributed by atoms with Crippen LogP contribution in [-0.2, 0) is 4.79 Å². The van der Waals surface area contributed by atoms with Crippen molar-refractivity contribution in [3.05, 3.63) is 69.8 Å². The molecule has 8 nitrogen and oxygen atoms in total. The van der Waals surface area contributed by atoms with Gasteiger partial charge >= 0.3 is 0 Å². The molecule has 1 heterocycles. The number of ketones is 1. The van der Waals surface area contributed by atoms with Crippen molar-refractivity contribution in [1.29, 1.82) is 0 Å². The SMILES string of the molecule is CN(C)C(=O)C[NH+]1CCN(c2ccc(C(=O)c3ccccc3)cc2[N+](=O)[O-])CC1. The molecule has 0 aromatic heterocycles. The second-order valence-corrected chi connectivity index (χ2v) is 7.36. The lowest BCUT2D eigenvalue weighted by molar-refractivity contribution is -0.892. The summed E-state index contributed by atoms with van der Waals surface area (Å²) in [5, 5.41) is 11.7. The number of quaternary nitrogens is 1. The van der Waals surface area contributed by atoms with E-state index in [1.807, 2.05) is 11.0 Å². The normalized spacial score (nSPS) is 14.5. The summed E-state index contributed by atoms with van der Waals surface area (Å²) in [5.74, 6) is -0.167. The average Bonchev–Trinajstić information content (AvgIpc) is 2.74. The predicted molar refractivity (Wildman–Crippen MR) is 109 cm³/mol. The van der Waals surface area contributed by atoms with Crippen molar-refractivity contribution in [3.8, 4) is 0 Å². The van der Waals surface area contributed by atoms with E-state index >= 15 is 0 Å². The molecule has 3 rings (SSSR count). The first-order valence-electron chi connectivity index (χ1n) is 9.53. The lowest BCUT2D eigenvalue weighted by atomic mass is 10.0. The van der Waals surface area contributed by atoms with E-state index in [0.717, 1.165) is 13.1 Å². The topological polar surface area (TPSA) is 88.2 Å². The van der Waals surface area contributed by atoms with Gasteiger partial charge in [0.25, 0.3) is 11.6 Å². The van der Waals surface area contributed by atoms with Crippen LogP contribution < -0.4 is 9.80 Å². The standard InChI is InChI=1S/C21H24N4O4/c1-22(2)20(26)15-23-10-12-24(13-11-23)18-9-8-17(14-19(18)25(28)29)21(27)16-6-4-3-5-7-16/h3-9,14H,10-13,15H2,1-2H3/p+1. The molecule has 1 aliphatic heterocycles. The number of likely N-dealkylation sites (N-methyl/N-ethyl adjacent to an activating group) is 1. The average molecular weight is 397 g/mol. The zero-order chi connectivity index (χ0) is 21.0. The third-order valence-corrected chi connectivity index (χ3v) is 5.18. The number of carbonyl (C=O) groups excluding carboxylic acids is 2. The van der Waals surface area contributed by atoms with Gasteiger partial charge in [-0.05, 0) is 12.1 Å². The van der Waals surface area contributed by atoms with Gasteiger partial charge in [0.1, 0.15) is 5.69 Å². The lowest BCUT2D eigenvalue weighted by Crippen LogP contribution is -3.15. The number of hydrogen-bond donors (Lipinski definition) is 1. The smallest absolute Gasteiger partial charge is 0.293 e. The van der Waals surface area contributed by atoms with Crippen molar-refractivity contribution in [2.45, 2.75) is 0 Å². The van der Waals surface area contributed by atoms with Crippen LogP contribution in [0.1, 0.15) is 15.9 Å². The van der Waals surface area contributed by atoms with Crippen molar-refractivity contribution in [3.63, 3.8) is 0 Å². The summed E-state index contributed by atoms with van der Waals surface area (Å²) in [6, 6.07) is 13.4. The molecule has 1 fully saturated rings. The van der Waals surface area contributed by atoms with Gasteiger partial charge in [-0.3, -0.25) is 19.7 Å². The number of nitro groups is 1. The molecule has 0 radical (unpaired) electrons. The maximum atomic E-state index is 12.6. The zero-order valence-electron chi connectivity index (χ0n) is 16.6. The highest BCUT2D eigenvalue weighted by Gasteiger charge is 2.28. The van der Waals surface area contributed by atoms with Crippen LogP contribution in [0.25, 0.3) is 0 Å². The summed E-state index contributed by atoms with van der Waals surface area (Å²) in [5.41, 5.74) is 1.24. The highest BCUT2D eigenvalue weighted by Crippen LogP contribution is 2.30. The van der Waals surface area contributed by atoms with E-state index in [1.54, 1.807) is 55.4 Å². The number of carbonyl (C=O) groups is 2. The van der Waals surface area contributed by atoms with Crippen LogP contribution in [-0.4, -0.2) is 68.3 Å². The highest BCUT2D eigenvalue weighted by molar-refractivity contribution is 6.09. The molecule has 29 heavy (non-hydrogen) atoms. The van der Waals surface area contributed by atoms with Crippen LogP contribution in [0, 0.1) is 10.1 Å². The molecule has 1 aliphatic rings. The maximum Gasteiger partial charge on any atom is 0.293 e. The number of benzene rings is 2. The van der Waals surface area contributed by atoms with Crippen LogP contribution in [0.3, 0.4) is 0 Å². The van der Waals surface area contributed by atoms with Gasteiger partial charge in [0, 0.05) is 31.3 Å². The molecule has 0 bridgehead atoms. The van der Waals surface area contributed by atoms with E-state index in [9.17, 15) is 19.7 Å². The monoisotopic (exact) mass is 397 g/mol. The molecule has 0 spiro atoms. The first-order valence-corrected chi connectivity index (χ1v) is 9.53. The Hall–Kier alpha value is -3.26. The Labute approximate surface area is 169 Å². The van der Waals surface area contributed by atoms with E-state index in [-0.39, 0.29) is 17.4 Å². The van der Waals surface area contributed by atoms with E-state index in [2.05, 4.69) is 0 Å². The Morgan fingerprint density at radius 2 is 1.72 bits per heavy atom. The summed E-state index contributed by atoms with van der Waals surface area (Å²) in [6.07, 6.45) is 0. The fraction of sp³-hybridized carbons (Fsp3) is 0.333. The first kappa shape index (κ1) is 20.5. The van der Waals surface area contributed by atoms with Gasteiger partial charge in [-0.15, -0.1) is 0 Å². The molecule has 2 aromatic rings. The van der Waals surface area contributed by atoms with Gasteiger partial charge in [0.05, 0.1) is 31.1 Å². The predicted octanol–water partition coefficient (Wildman–Crippen LogP) is 0.619. The van der Waals surface area contributed by atoms with E-state index < -0.39 is 4.92 Å². The molecule has 0 atom stereocenters. The Bertz CT molecular complexity index is 906. The highest BCUT2D eigenvalue weighted by atomic mass is 16.6. The summed E-state index contributed by atoms with van der Waals surface area (Å²) in [4.78, 5) is 40.5. The summed E-state index contributed by atoms with van der Waals surface area (Å²) in [7, 11) is 3.47. The van der Waals surface area contributed by atoms with E-state index in [0.29, 0.717) is 36.4 Å². The molecule has 152 valence electrons. The summed E-state index contributed by atoms with van der Waals surface area (Å²) in [6.45, 7) is 3.10. The molecule has 0 aliphatic carbocycles. The zero-order valence-corrected chi connectivity index (χ0v) is 16.6. The third kappa shape index (κ3) is 4.78. The van der Waals surface area contributed by atoms with Crippen LogP contribution >= 0.6 is 0 Å². The second-order valence-electron chi connectivity index (χ2n) is 7.36. The first-order chi connectivity index (χ1) is 13.9. The maximum absolute atomic E-state index is 12.6. The largest absolute Gasteiger partial charge is 0.355 e. The van der Waals surface area contributed by atoms with Crippen molar-refractivity contribution < 1.29 is 19.4 Å². The van der Waals surface area contributed by atoms with Gasteiger partial charge in [0.15, 0.2) is 12.3 Å². The molecule has 8 heteroatoms. The van der Waals surface area contributed by atoms with Gasteiger partial charge in [-0.25, -0.2) is 0 Å². The van der Waals surface area contributed by atoms with Gasteiger partial charge in [-0.1, -0.05) is 30.3 Å². The minimum atomic E-state index is -0.439. The van der Waals surface area contributed by atoms with Crippen LogP contribution in [0.4, 0.5) is 11.4 Å². The molecule has 2 aromatic carbocycles. The Morgan fingerprint density at radius 3 is 2.31 bits per heavy atom. The molecular weight excluding hydrogens is 372 g/mol. The Balaban J connectivity index is 1.76. The minimum absolute atomic E-state index is 0.0698. The molecule has 0 unspecified atom stereocenters. The van der Waals surface area contributed by atoms with Gasteiger partial charge in [0.2, 0.25) is 0 Å². The Kier molecular flexibility index (Phi) is 6.23. The number of hydrogen-bond acceptors (Lipinski definition) is 5. The number of amides is 1. The van der Waals surface area contributed by atoms with Crippen LogP contribution in [0.2, 0.25) is 0 Å². The number of piperazine rings is 1. The van der Waals surface area contributed by atoms with Crippen LogP contribution in [0.5, 0.6) is 0 Å². The molecule has 1 saturated heterocycles. The molecule has 0 saturated carbocycles. The lowest BCUT2D eigenvalue weighted by Gasteiger charge is -2.33. The number of nitro benzene ring substituents is 1. The van der Waals surface area contributed by atoms with Gasteiger partial charge in [-0.2, -0.15) is 0 Å². The quantitative estimate of drug-likeness (QED) is 0.439. The second kappa shape index (κ2) is 8.83. The number of rotatable bonds is 6. The Morgan fingerprint density at radius 1 is 1.07 bits per heavy atom. The fourth-order valence-electron chi connectivity index (χ4n) is 3.45. The van der Waals surface area contributed by atoms with Crippen molar-refractivity contribution >= 4 is 23.1 Å². The molecule has 1 amide bonds. The van der Waals surface area contributed by atoms with Crippen molar-refractivity contribution in [2.75, 3.05) is 51.7 Å². The van der Waals surface area contributed by atoms with Crippen molar-refractivity contribution in [1.82, 2.24) is 4.90 Å². The third-order valence-electron chi connectivity index (χ3n) is 5.18. The van der Waals surface area contributed by atoms with E-state index in [4.69, 9.17) is 0 Å². The number of nitrogens with one attached hydrogen (secondary N) is 1. The van der Waals surface area contributed by atoms with Gasteiger partial charge < -0.3 is 14.7 Å².